The fraction of sp³-hybridized carbons (Fsp3) is 0.500. The van der Waals surface area contributed by atoms with Crippen LogP contribution in [0.1, 0.15) is 37.6 Å². The first-order chi connectivity index (χ1) is 15.2. The van der Waals surface area contributed by atoms with Gasteiger partial charge in [0.05, 0.1) is 12.2 Å². The van der Waals surface area contributed by atoms with E-state index in [0.717, 1.165) is 30.4 Å². The summed E-state index contributed by atoms with van der Waals surface area (Å²) in [5.41, 5.74) is 2.60. The van der Waals surface area contributed by atoms with Crippen molar-refractivity contribution >= 4 is 11.6 Å². The molecule has 1 unspecified atom stereocenters. The van der Waals surface area contributed by atoms with E-state index in [-0.39, 0.29) is 30.3 Å². The van der Waals surface area contributed by atoms with Crippen LogP contribution >= 0.6 is 0 Å². The topological polar surface area (TPSA) is 69.3 Å². The lowest BCUT2D eigenvalue weighted by Crippen LogP contribution is -2.44. The van der Waals surface area contributed by atoms with Crippen LogP contribution in [-0.4, -0.2) is 56.7 Å². The molecule has 3 rings (SSSR count). The number of anilines is 1. The molecule has 0 bridgehead atoms. The van der Waals surface area contributed by atoms with Crippen molar-refractivity contribution in [2.75, 3.05) is 44.7 Å². The van der Waals surface area contributed by atoms with Crippen molar-refractivity contribution in [2.24, 2.45) is 0 Å². The van der Waals surface area contributed by atoms with Gasteiger partial charge in [0.15, 0.2) is 0 Å². The SMILES string of the molecule is CNCCNC(C)CNCC(=O)N1CC(C)(C)c2cnc(Cc3ccc(F)cc3F)cc21. The summed E-state index contributed by atoms with van der Waals surface area (Å²) in [5, 5.41) is 9.71. The van der Waals surface area contributed by atoms with Gasteiger partial charge in [0.2, 0.25) is 5.91 Å². The number of amides is 1. The Morgan fingerprint density at radius 1 is 1.25 bits per heavy atom. The van der Waals surface area contributed by atoms with Crippen LogP contribution in [0.5, 0.6) is 0 Å². The Hall–Kier alpha value is -2.42. The number of likely N-dealkylation sites (N-methyl/N-ethyl adjacent to an activating group) is 1. The van der Waals surface area contributed by atoms with E-state index < -0.39 is 11.6 Å². The van der Waals surface area contributed by atoms with Gasteiger partial charge in [-0.3, -0.25) is 9.78 Å². The number of hydrogen-bond donors (Lipinski definition) is 3. The Morgan fingerprint density at radius 3 is 2.75 bits per heavy atom. The summed E-state index contributed by atoms with van der Waals surface area (Å²) in [6, 6.07) is 5.65. The Bertz CT molecular complexity index is 950. The van der Waals surface area contributed by atoms with Gasteiger partial charge >= 0.3 is 0 Å². The van der Waals surface area contributed by atoms with E-state index in [0.29, 0.717) is 24.3 Å². The van der Waals surface area contributed by atoms with Crippen molar-refractivity contribution in [3.63, 3.8) is 0 Å². The third-order valence-corrected chi connectivity index (χ3v) is 5.79. The second-order valence-electron chi connectivity index (χ2n) is 9.06. The molecule has 0 saturated carbocycles. The Kier molecular flexibility index (Phi) is 7.92. The van der Waals surface area contributed by atoms with Crippen molar-refractivity contribution < 1.29 is 13.6 Å². The smallest absolute Gasteiger partial charge is 0.240 e. The van der Waals surface area contributed by atoms with E-state index in [1.54, 1.807) is 11.1 Å². The highest BCUT2D eigenvalue weighted by atomic mass is 19.1. The number of hydrogen-bond acceptors (Lipinski definition) is 5. The molecule has 1 aliphatic heterocycles. The molecule has 6 nitrogen and oxygen atoms in total. The quantitative estimate of drug-likeness (QED) is 0.490. The molecule has 174 valence electrons. The van der Waals surface area contributed by atoms with Crippen molar-refractivity contribution in [3.05, 3.63) is 58.9 Å². The molecule has 1 aromatic carbocycles. The molecule has 0 spiro atoms. The lowest BCUT2D eigenvalue weighted by molar-refractivity contribution is -0.117. The van der Waals surface area contributed by atoms with Crippen molar-refractivity contribution in [3.8, 4) is 0 Å². The van der Waals surface area contributed by atoms with E-state index in [9.17, 15) is 13.6 Å². The molecule has 2 aromatic rings. The van der Waals surface area contributed by atoms with Crippen LogP contribution in [0.15, 0.2) is 30.5 Å². The highest BCUT2D eigenvalue weighted by molar-refractivity contribution is 5.97. The number of pyridine rings is 1. The fourth-order valence-corrected chi connectivity index (χ4v) is 3.98. The highest BCUT2D eigenvalue weighted by Crippen LogP contribution is 2.40. The minimum Gasteiger partial charge on any atom is -0.318 e. The summed E-state index contributed by atoms with van der Waals surface area (Å²) in [6.45, 7) is 9.49. The number of carbonyl (C=O) groups is 1. The molecule has 0 radical (unpaired) electrons. The number of carbonyl (C=O) groups excluding carboxylic acids is 1. The van der Waals surface area contributed by atoms with Gasteiger partial charge in [-0.1, -0.05) is 19.9 Å². The average Bonchev–Trinajstić information content (AvgIpc) is 3.01. The normalized spacial score (nSPS) is 15.6. The molecule has 8 heteroatoms. The maximum atomic E-state index is 14.1. The Labute approximate surface area is 188 Å². The highest BCUT2D eigenvalue weighted by Gasteiger charge is 2.38. The maximum Gasteiger partial charge on any atom is 0.240 e. The molecule has 1 aromatic heterocycles. The number of aromatic nitrogens is 1. The third kappa shape index (κ3) is 5.88. The lowest BCUT2D eigenvalue weighted by Gasteiger charge is -2.21. The van der Waals surface area contributed by atoms with Gasteiger partial charge in [-0.25, -0.2) is 8.78 Å². The van der Waals surface area contributed by atoms with Crippen LogP contribution in [0, 0.1) is 11.6 Å². The summed E-state index contributed by atoms with van der Waals surface area (Å²) in [6.07, 6.45) is 2.01. The zero-order valence-corrected chi connectivity index (χ0v) is 19.3. The maximum absolute atomic E-state index is 14.1. The first-order valence-corrected chi connectivity index (χ1v) is 11.0. The van der Waals surface area contributed by atoms with Crippen LogP contribution in [0.3, 0.4) is 0 Å². The summed E-state index contributed by atoms with van der Waals surface area (Å²) in [7, 11) is 1.91. The Morgan fingerprint density at radius 2 is 2.03 bits per heavy atom. The second kappa shape index (κ2) is 10.5. The van der Waals surface area contributed by atoms with Crippen molar-refractivity contribution in [1.29, 1.82) is 0 Å². The van der Waals surface area contributed by atoms with E-state index in [2.05, 4.69) is 41.7 Å². The van der Waals surface area contributed by atoms with Crippen molar-refractivity contribution in [1.82, 2.24) is 20.9 Å². The van der Waals surface area contributed by atoms with Gasteiger partial charge in [-0.05, 0) is 31.7 Å². The van der Waals surface area contributed by atoms with E-state index in [1.165, 1.54) is 12.1 Å². The standard InChI is InChI=1S/C24H33F2N5O/c1-16(29-8-7-27-4)12-28-14-23(32)31-15-24(2,3)20-13-30-19(11-22(20)31)9-17-5-6-18(25)10-21(17)26/h5-6,10-11,13,16,27-29H,7-9,12,14-15H2,1-4H3. The van der Waals surface area contributed by atoms with Crippen molar-refractivity contribution in [2.45, 2.75) is 38.6 Å². The summed E-state index contributed by atoms with van der Waals surface area (Å²) in [5.74, 6) is -1.21. The lowest BCUT2D eigenvalue weighted by atomic mass is 9.88. The molecular formula is C24H33F2N5O. The molecule has 1 amide bonds. The minimum absolute atomic E-state index is 0.00985. The predicted octanol–water partition coefficient (Wildman–Crippen LogP) is 2.36. The first kappa shape index (κ1) is 24.2. The molecule has 1 aliphatic rings. The summed E-state index contributed by atoms with van der Waals surface area (Å²) >= 11 is 0. The fourth-order valence-electron chi connectivity index (χ4n) is 3.98. The van der Waals surface area contributed by atoms with Crippen LogP contribution < -0.4 is 20.9 Å². The van der Waals surface area contributed by atoms with Crippen LogP contribution in [0.4, 0.5) is 14.5 Å². The third-order valence-electron chi connectivity index (χ3n) is 5.79. The van der Waals surface area contributed by atoms with Crippen LogP contribution in [-0.2, 0) is 16.6 Å². The number of benzene rings is 1. The summed E-state index contributed by atoms with van der Waals surface area (Å²) < 4.78 is 27.3. The predicted molar refractivity (Wildman–Crippen MR) is 123 cm³/mol. The monoisotopic (exact) mass is 445 g/mol. The van der Waals surface area contributed by atoms with Gasteiger partial charge in [0.1, 0.15) is 11.6 Å². The van der Waals surface area contributed by atoms with Crippen LogP contribution in [0.2, 0.25) is 0 Å². The average molecular weight is 446 g/mol. The molecule has 0 saturated heterocycles. The first-order valence-electron chi connectivity index (χ1n) is 11.0. The molecule has 0 aliphatic carbocycles. The zero-order valence-electron chi connectivity index (χ0n) is 19.3. The van der Waals surface area contributed by atoms with Gasteiger partial charge in [-0.15, -0.1) is 0 Å². The number of rotatable bonds is 10. The van der Waals surface area contributed by atoms with E-state index in [1.807, 2.05) is 13.1 Å². The van der Waals surface area contributed by atoms with Gasteiger partial charge in [0.25, 0.3) is 0 Å². The molecule has 3 N–H and O–H groups in total. The van der Waals surface area contributed by atoms with E-state index in [4.69, 9.17) is 0 Å². The minimum atomic E-state index is -0.606. The number of nitrogens with zero attached hydrogens (tertiary/aromatic N) is 2. The molecular weight excluding hydrogens is 412 g/mol. The Balaban J connectivity index is 1.68. The molecule has 2 heterocycles. The number of fused-ring (bicyclic) bond motifs is 1. The van der Waals surface area contributed by atoms with Crippen LogP contribution in [0.25, 0.3) is 0 Å². The number of nitrogens with one attached hydrogen (secondary N) is 3. The van der Waals surface area contributed by atoms with Gasteiger partial charge < -0.3 is 20.9 Å². The molecule has 0 fully saturated rings. The number of halogens is 2. The van der Waals surface area contributed by atoms with Gasteiger partial charge in [-0.2, -0.15) is 0 Å². The molecule has 1 atom stereocenters. The largest absolute Gasteiger partial charge is 0.318 e. The van der Waals surface area contributed by atoms with E-state index >= 15 is 0 Å². The second-order valence-corrected chi connectivity index (χ2v) is 9.06. The zero-order chi connectivity index (χ0) is 23.3. The summed E-state index contributed by atoms with van der Waals surface area (Å²) in [4.78, 5) is 19.3. The molecule has 32 heavy (non-hydrogen) atoms. The van der Waals surface area contributed by atoms with Gasteiger partial charge in [0, 0.05) is 67.6 Å².